The van der Waals surface area contributed by atoms with Gasteiger partial charge in [0.05, 0.1) is 29.9 Å². The van der Waals surface area contributed by atoms with Gasteiger partial charge in [-0.3, -0.25) is 4.79 Å². The van der Waals surface area contributed by atoms with E-state index in [4.69, 9.17) is 4.98 Å². The first-order chi connectivity index (χ1) is 15.5. The van der Waals surface area contributed by atoms with E-state index in [1.807, 2.05) is 0 Å². The van der Waals surface area contributed by atoms with Gasteiger partial charge in [-0.05, 0) is 62.7 Å². The molecule has 5 saturated carbocycles. The van der Waals surface area contributed by atoms with Crippen LogP contribution in [0.5, 0.6) is 0 Å². The summed E-state index contributed by atoms with van der Waals surface area (Å²) in [7, 11) is 0. The lowest BCUT2D eigenvalue weighted by molar-refractivity contribution is -0.136. The Hall–Kier alpha value is -1.38. The minimum absolute atomic E-state index is 0.0392. The van der Waals surface area contributed by atoms with Crippen molar-refractivity contribution in [3.63, 3.8) is 0 Å². The van der Waals surface area contributed by atoms with Crippen molar-refractivity contribution in [2.75, 3.05) is 29.5 Å². The number of nitrogens with zero attached hydrogens (tertiary/aromatic N) is 3. The van der Waals surface area contributed by atoms with Gasteiger partial charge in [0.15, 0.2) is 0 Å². The van der Waals surface area contributed by atoms with Crippen LogP contribution >= 0.6 is 0 Å². The zero-order valence-electron chi connectivity index (χ0n) is 18.7. The van der Waals surface area contributed by atoms with E-state index in [2.05, 4.69) is 15.2 Å². The van der Waals surface area contributed by atoms with Crippen molar-refractivity contribution < 1.29 is 14.5 Å². The number of hydrogen-bond acceptors (Lipinski definition) is 6. The number of carbonyl (C=O) groups is 1. The fraction of sp³-hybridized carbons (Fsp3) is 0.792. The van der Waals surface area contributed by atoms with Crippen LogP contribution in [0.1, 0.15) is 79.8 Å². The van der Waals surface area contributed by atoms with Gasteiger partial charge in [0, 0.05) is 18.2 Å². The fourth-order valence-electron chi connectivity index (χ4n) is 7.51. The molecule has 0 aromatic carbocycles. The Morgan fingerprint density at radius 3 is 2.50 bits per heavy atom. The summed E-state index contributed by atoms with van der Waals surface area (Å²) in [5.74, 6) is 3.67. The van der Waals surface area contributed by atoms with Crippen LogP contribution in [0.4, 0.5) is 5.95 Å². The molecule has 2 unspecified atom stereocenters. The van der Waals surface area contributed by atoms with Crippen molar-refractivity contribution >= 4 is 23.0 Å². The third-order valence-electron chi connectivity index (χ3n) is 8.79. The van der Waals surface area contributed by atoms with E-state index in [1.165, 1.54) is 12.8 Å². The van der Waals surface area contributed by atoms with Crippen molar-refractivity contribution in [1.29, 1.82) is 0 Å². The lowest BCUT2D eigenvalue weighted by Crippen LogP contribution is -2.61. The number of aromatic nitrogens is 2. The molecule has 1 aromatic heterocycles. The minimum atomic E-state index is -0.742. The highest BCUT2D eigenvalue weighted by Gasteiger charge is 2.55. The Kier molecular flexibility index (Phi) is 5.38. The SMILES string of the molecule is O=C(N[C@H]1C2CC3CC1C[C@@](O)(C3)C2)c1cnc(N2CC[S+]([O-])CC2)nc1C1CCCC1. The van der Waals surface area contributed by atoms with E-state index >= 15 is 0 Å². The molecule has 1 amide bonds. The lowest BCUT2D eigenvalue weighted by Gasteiger charge is -2.58. The molecule has 4 bridgehead atoms. The second kappa shape index (κ2) is 8.13. The van der Waals surface area contributed by atoms with E-state index in [1.54, 1.807) is 6.20 Å². The molecule has 2 heterocycles. The third-order valence-corrected chi connectivity index (χ3v) is 10.1. The van der Waals surface area contributed by atoms with Gasteiger partial charge in [0.25, 0.3) is 5.91 Å². The summed E-state index contributed by atoms with van der Waals surface area (Å²) in [5.41, 5.74) is 1.04. The summed E-state index contributed by atoms with van der Waals surface area (Å²) in [6.07, 6.45) is 11.1. The highest BCUT2D eigenvalue weighted by atomic mass is 32.2. The van der Waals surface area contributed by atoms with E-state index in [-0.39, 0.29) is 11.9 Å². The maximum absolute atomic E-state index is 13.5. The summed E-state index contributed by atoms with van der Waals surface area (Å²) in [6, 6.07) is 0.160. The molecular formula is C24H34N4O3S. The standard InChI is InChI=1S/C24H34N4O3S/c29-22(26-20-17-9-15-10-18(20)13-24(30,11-15)12-17)19-14-25-23(28-5-7-32(31)8-6-28)27-21(19)16-3-1-2-4-16/h14-18,20,30H,1-13H2,(H,26,29)/t15?,17?,18?,20-,24+. The highest BCUT2D eigenvalue weighted by Crippen LogP contribution is 2.55. The minimum Gasteiger partial charge on any atom is -0.616 e. The van der Waals surface area contributed by atoms with Crippen LogP contribution in [0.25, 0.3) is 0 Å². The zero-order valence-corrected chi connectivity index (χ0v) is 19.5. The van der Waals surface area contributed by atoms with Crippen LogP contribution in [0, 0.1) is 17.8 Å². The fourth-order valence-corrected chi connectivity index (χ4v) is 8.56. The molecule has 2 N–H and O–H groups in total. The normalized spacial score (nSPS) is 37.2. The largest absolute Gasteiger partial charge is 0.616 e. The monoisotopic (exact) mass is 458 g/mol. The lowest BCUT2D eigenvalue weighted by atomic mass is 9.52. The van der Waals surface area contributed by atoms with Gasteiger partial charge in [0.1, 0.15) is 11.5 Å². The van der Waals surface area contributed by atoms with Crippen molar-refractivity contribution in [3.8, 4) is 0 Å². The molecule has 32 heavy (non-hydrogen) atoms. The first-order valence-electron chi connectivity index (χ1n) is 12.5. The van der Waals surface area contributed by atoms with Crippen LogP contribution in [0.3, 0.4) is 0 Å². The summed E-state index contributed by atoms with van der Waals surface area (Å²) in [5, 5.41) is 14.3. The molecular weight excluding hydrogens is 424 g/mol. The second-order valence-electron chi connectivity index (χ2n) is 11.0. The van der Waals surface area contributed by atoms with Gasteiger partial charge in [0.2, 0.25) is 5.95 Å². The smallest absolute Gasteiger partial charge is 0.254 e. The van der Waals surface area contributed by atoms with Gasteiger partial charge < -0.3 is 19.9 Å². The van der Waals surface area contributed by atoms with Crippen molar-refractivity contribution in [2.45, 2.75) is 75.3 Å². The van der Waals surface area contributed by atoms with Gasteiger partial charge in [-0.1, -0.05) is 24.0 Å². The van der Waals surface area contributed by atoms with Crippen LogP contribution in [-0.2, 0) is 11.2 Å². The van der Waals surface area contributed by atoms with Crippen LogP contribution in [-0.4, -0.2) is 61.8 Å². The van der Waals surface area contributed by atoms with Crippen LogP contribution in [0.2, 0.25) is 0 Å². The predicted molar refractivity (Wildman–Crippen MR) is 123 cm³/mol. The quantitative estimate of drug-likeness (QED) is 0.672. The van der Waals surface area contributed by atoms with Gasteiger partial charge >= 0.3 is 0 Å². The first-order valence-corrected chi connectivity index (χ1v) is 14.0. The third kappa shape index (κ3) is 3.82. The summed E-state index contributed by atoms with van der Waals surface area (Å²) in [6.45, 7) is 1.41. The molecule has 6 aliphatic rings. The predicted octanol–water partition coefficient (Wildman–Crippen LogP) is 2.37. The van der Waals surface area contributed by atoms with Gasteiger partial charge in [-0.2, -0.15) is 0 Å². The molecule has 8 heteroatoms. The Morgan fingerprint density at radius 1 is 1.16 bits per heavy atom. The molecule has 1 aliphatic heterocycles. The molecule has 5 aliphatic carbocycles. The average Bonchev–Trinajstić information content (AvgIpc) is 3.30. The molecule has 1 saturated heterocycles. The highest BCUT2D eigenvalue weighted by molar-refractivity contribution is 7.91. The Balaban J connectivity index is 1.24. The number of nitrogens with one attached hydrogen (secondary N) is 1. The molecule has 6 fully saturated rings. The van der Waals surface area contributed by atoms with E-state index in [0.717, 1.165) is 50.6 Å². The molecule has 2 atom stereocenters. The van der Waals surface area contributed by atoms with Crippen molar-refractivity contribution in [3.05, 3.63) is 17.5 Å². The van der Waals surface area contributed by atoms with Gasteiger partial charge in [-0.25, -0.2) is 9.97 Å². The van der Waals surface area contributed by atoms with E-state index in [9.17, 15) is 14.5 Å². The van der Waals surface area contributed by atoms with Crippen molar-refractivity contribution in [2.24, 2.45) is 17.8 Å². The number of aliphatic hydroxyl groups is 1. The van der Waals surface area contributed by atoms with Gasteiger partial charge in [-0.15, -0.1) is 0 Å². The zero-order chi connectivity index (χ0) is 21.9. The Morgan fingerprint density at radius 2 is 1.84 bits per heavy atom. The number of carbonyl (C=O) groups excluding carboxylic acids is 1. The number of rotatable bonds is 4. The summed E-state index contributed by atoms with van der Waals surface area (Å²) in [4.78, 5) is 25.2. The molecule has 174 valence electrons. The van der Waals surface area contributed by atoms with E-state index in [0.29, 0.717) is 59.8 Å². The summed E-state index contributed by atoms with van der Waals surface area (Å²) < 4.78 is 11.7. The molecule has 1 aromatic rings. The van der Waals surface area contributed by atoms with Crippen LogP contribution in [0.15, 0.2) is 6.20 Å². The van der Waals surface area contributed by atoms with Crippen molar-refractivity contribution in [1.82, 2.24) is 15.3 Å². The first kappa shape index (κ1) is 21.2. The number of anilines is 1. The Labute approximate surface area is 193 Å². The maximum Gasteiger partial charge on any atom is 0.254 e. The summed E-state index contributed by atoms with van der Waals surface area (Å²) >= 11 is -0.742. The van der Waals surface area contributed by atoms with E-state index < -0.39 is 16.8 Å². The average molecular weight is 459 g/mol. The van der Waals surface area contributed by atoms with Crippen LogP contribution < -0.4 is 10.2 Å². The molecule has 7 nitrogen and oxygen atoms in total. The Bertz CT molecular complexity index is 868. The number of amides is 1. The molecule has 0 spiro atoms. The second-order valence-corrected chi connectivity index (χ2v) is 12.7. The molecule has 7 rings (SSSR count). The number of hydrogen-bond donors (Lipinski definition) is 2. The maximum atomic E-state index is 13.5. The topological polar surface area (TPSA) is 101 Å². The molecule has 0 radical (unpaired) electrons.